The number of carbonyl (C=O) groups is 3. The number of amides is 1. The number of pyridine rings is 1. The molecule has 0 aromatic carbocycles. The van der Waals surface area contributed by atoms with E-state index >= 15 is 0 Å². The summed E-state index contributed by atoms with van der Waals surface area (Å²) < 4.78 is 1.88. The van der Waals surface area contributed by atoms with Gasteiger partial charge in [0.25, 0.3) is 5.91 Å². The summed E-state index contributed by atoms with van der Waals surface area (Å²) >= 11 is 12.4. The molecule has 2 heterocycles. The third kappa shape index (κ3) is 6.65. The maximum Gasteiger partial charge on any atom is 0.303 e. The van der Waals surface area contributed by atoms with Crippen LogP contribution in [0, 0.1) is 17.8 Å². The minimum absolute atomic E-state index is 0.0977. The lowest BCUT2D eigenvalue weighted by molar-refractivity contribution is -0.140. The molecular weight excluding hydrogens is 503 g/mol. The van der Waals surface area contributed by atoms with Gasteiger partial charge in [-0.2, -0.15) is 5.10 Å². The highest BCUT2D eigenvalue weighted by Gasteiger charge is 2.35. The fraction of sp³-hybridized carbons (Fsp3) is 0.577. The normalized spacial score (nSPS) is 20.2. The molecule has 2 aromatic rings. The fourth-order valence-electron chi connectivity index (χ4n) is 4.96. The van der Waals surface area contributed by atoms with Gasteiger partial charge >= 0.3 is 5.97 Å². The number of carboxylic acids is 1. The number of carbonyl (C=O) groups excluding carboxylic acids is 2. The maximum atomic E-state index is 13.7. The SMILES string of the molecule is Cc1c(C(=O)N(CC(=O)c2c(Cl)cncc2Cl)CC(C)(C)C)cnn1[C@H]1CC[C@](C)(CC(=O)O)CC1. The Morgan fingerprint density at radius 1 is 1.14 bits per heavy atom. The summed E-state index contributed by atoms with van der Waals surface area (Å²) in [5, 5.41) is 14.0. The van der Waals surface area contributed by atoms with Crippen LogP contribution in [0.25, 0.3) is 0 Å². The lowest BCUT2D eigenvalue weighted by Crippen LogP contribution is -2.41. The Balaban J connectivity index is 1.82. The number of hydrogen-bond donors (Lipinski definition) is 1. The quantitative estimate of drug-likeness (QED) is 0.423. The number of nitrogens with zero attached hydrogens (tertiary/aromatic N) is 4. The molecule has 0 spiro atoms. The van der Waals surface area contributed by atoms with E-state index in [0.717, 1.165) is 31.4 Å². The third-order valence-electron chi connectivity index (χ3n) is 6.78. The van der Waals surface area contributed by atoms with Gasteiger partial charge in [-0.05, 0) is 43.4 Å². The van der Waals surface area contributed by atoms with Crippen LogP contribution in [0.4, 0.5) is 0 Å². The van der Waals surface area contributed by atoms with Crippen LogP contribution in [0.5, 0.6) is 0 Å². The van der Waals surface area contributed by atoms with Crippen molar-refractivity contribution in [1.82, 2.24) is 19.7 Å². The number of rotatable bonds is 8. The molecule has 8 nitrogen and oxygen atoms in total. The summed E-state index contributed by atoms with van der Waals surface area (Å²) in [6, 6.07) is 0.0977. The van der Waals surface area contributed by atoms with Crippen molar-refractivity contribution >= 4 is 40.9 Å². The monoisotopic (exact) mass is 536 g/mol. The van der Waals surface area contributed by atoms with Gasteiger partial charge in [0.05, 0.1) is 46.4 Å². The summed E-state index contributed by atoms with van der Waals surface area (Å²) in [4.78, 5) is 43.5. The molecule has 1 fully saturated rings. The van der Waals surface area contributed by atoms with E-state index in [9.17, 15) is 19.5 Å². The summed E-state index contributed by atoms with van der Waals surface area (Å²) in [5.41, 5.74) is 0.848. The highest BCUT2D eigenvalue weighted by Crippen LogP contribution is 2.43. The molecule has 1 aliphatic rings. The molecule has 0 saturated heterocycles. The molecule has 2 aromatic heterocycles. The molecule has 0 atom stereocenters. The Morgan fingerprint density at radius 2 is 1.72 bits per heavy atom. The van der Waals surface area contributed by atoms with Gasteiger partial charge in [0.15, 0.2) is 5.78 Å². The van der Waals surface area contributed by atoms with Crippen LogP contribution in [0.2, 0.25) is 10.0 Å². The number of hydrogen-bond acceptors (Lipinski definition) is 5. The molecule has 1 aliphatic carbocycles. The van der Waals surface area contributed by atoms with Crippen molar-refractivity contribution in [3.05, 3.63) is 45.5 Å². The molecule has 0 unspecified atom stereocenters. The molecular formula is C26H34Cl2N4O4. The minimum Gasteiger partial charge on any atom is -0.481 e. The summed E-state index contributed by atoms with van der Waals surface area (Å²) in [5.74, 6) is -1.42. The number of Topliss-reactive ketones (excluding diaryl/α,β-unsaturated/α-hetero) is 1. The highest BCUT2D eigenvalue weighted by atomic mass is 35.5. The summed E-state index contributed by atoms with van der Waals surface area (Å²) in [7, 11) is 0. The predicted molar refractivity (Wildman–Crippen MR) is 139 cm³/mol. The van der Waals surface area contributed by atoms with E-state index in [4.69, 9.17) is 23.2 Å². The Hall–Kier alpha value is -2.45. The van der Waals surface area contributed by atoms with Crippen LogP contribution in [0.3, 0.4) is 0 Å². The van der Waals surface area contributed by atoms with Crippen molar-refractivity contribution in [2.24, 2.45) is 10.8 Å². The number of aromatic nitrogens is 3. The lowest BCUT2D eigenvalue weighted by Gasteiger charge is -2.36. The number of carboxylic acid groups (broad SMARTS) is 1. The van der Waals surface area contributed by atoms with Crippen LogP contribution < -0.4 is 0 Å². The molecule has 0 bridgehead atoms. The maximum absolute atomic E-state index is 13.7. The second-order valence-corrected chi connectivity index (χ2v) is 12.1. The Bertz CT molecular complexity index is 1130. The van der Waals surface area contributed by atoms with Crippen LogP contribution in [0.15, 0.2) is 18.6 Å². The molecule has 0 aliphatic heterocycles. The first-order valence-electron chi connectivity index (χ1n) is 12.1. The van der Waals surface area contributed by atoms with Gasteiger partial charge in [0, 0.05) is 24.6 Å². The smallest absolute Gasteiger partial charge is 0.303 e. The van der Waals surface area contributed by atoms with E-state index in [1.54, 1.807) is 6.20 Å². The largest absolute Gasteiger partial charge is 0.481 e. The zero-order chi connectivity index (χ0) is 26.8. The van der Waals surface area contributed by atoms with Gasteiger partial charge in [-0.1, -0.05) is 50.9 Å². The van der Waals surface area contributed by atoms with E-state index in [-0.39, 0.29) is 57.1 Å². The zero-order valence-corrected chi connectivity index (χ0v) is 23.0. The number of halogens is 2. The van der Waals surface area contributed by atoms with Crippen molar-refractivity contribution < 1.29 is 19.5 Å². The van der Waals surface area contributed by atoms with Gasteiger partial charge in [-0.3, -0.25) is 24.0 Å². The van der Waals surface area contributed by atoms with Crippen LogP contribution in [0.1, 0.15) is 92.3 Å². The fourth-order valence-corrected chi connectivity index (χ4v) is 5.54. The Kier molecular flexibility index (Phi) is 8.51. The molecule has 0 radical (unpaired) electrons. The van der Waals surface area contributed by atoms with Crippen LogP contribution >= 0.6 is 23.2 Å². The van der Waals surface area contributed by atoms with Gasteiger partial charge in [-0.15, -0.1) is 0 Å². The Labute approximate surface area is 222 Å². The van der Waals surface area contributed by atoms with Crippen molar-refractivity contribution in [3.8, 4) is 0 Å². The van der Waals surface area contributed by atoms with E-state index in [0.29, 0.717) is 12.1 Å². The first-order valence-corrected chi connectivity index (χ1v) is 12.8. The second-order valence-electron chi connectivity index (χ2n) is 11.3. The molecule has 1 N–H and O–H groups in total. The van der Waals surface area contributed by atoms with E-state index in [2.05, 4.69) is 10.1 Å². The number of aliphatic carboxylic acids is 1. The topological polar surface area (TPSA) is 105 Å². The summed E-state index contributed by atoms with van der Waals surface area (Å²) in [6.45, 7) is 10.0. The van der Waals surface area contributed by atoms with Gasteiger partial charge < -0.3 is 10.0 Å². The van der Waals surface area contributed by atoms with Crippen LogP contribution in [-0.2, 0) is 4.79 Å². The zero-order valence-electron chi connectivity index (χ0n) is 21.5. The Morgan fingerprint density at radius 3 is 2.25 bits per heavy atom. The molecule has 10 heteroatoms. The molecule has 1 saturated carbocycles. The van der Waals surface area contributed by atoms with E-state index < -0.39 is 5.97 Å². The average Bonchev–Trinajstić information content (AvgIpc) is 3.12. The molecule has 36 heavy (non-hydrogen) atoms. The van der Waals surface area contributed by atoms with Gasteiger partial charge in [0.1, 0.15) is 0 Å². The molecule has 1 amide bonds. The number of ketones is 1. The van der Waals surface area contributed by atoms with Crippen molar-refractivity contribution in [1.29, 1.82) is 0 Å². The lowest BCUT2D eigenvalue weighted by atomic mass is 9.72. The molecule has 3 rings (SSSR count). The van der Waals surface area contributed by atoms with Crippen molar-refractivity contribution in [2.75, 3.05) is 13.1 Å². The first kappa shape index (κ1) is 28.1. The summed E-state index contributed by atoms with van der Waals surface area (Å²) in [6.07, 6.45) is 7.59. The van der Waals surface area contributed by atoms with Gasteiger partial charge in [0.2, 0.25) is 0 Å². The first-order chi connectivity index (χ1) is 16.7. The van der Waals surface area contributed by atoms with Crippen molar-refractivity contribution in [3.63, 3.8) is 0 Å². The predicted octanol–water partition coefficient (Wildman–Crippen LogP) is 5.86. The second kappa shape index (κ2) is 10.9. The average molecular weight is 537 g/mol. The van der Waals surface area contributed by atoms with E-state index in [1.165, 1.54) is 17.3 Å². The van der Waals surface area contributed by atoms with Gasteiger partial charge in [-0.25, -0.2) is 0 Å². The van der Waals surface area contributed by atoms with Crippen LogP contribution in [-0.4, -0.2) is 55.5 Å². The highest BCUT2D eigenvalue weighted by molar-refractivity contribution is 6.39. The van der Waals surface area contributed by atoms with Crippen molar-refractivity contribution in [2.45, 2.75) is 72.8 Å². The molecule has 196 valence electrons. The minimum atomic E-state index is -0.776. The van der Waals surface area contributed by atoms with E-state index in [1.807, 2.05) is 39.3 Å². The third-order valence-corrected chi connectivity index (χ3v) is 7.35. The standard InChI is InChI=1S/C26H34Cl2N4O4/c1-16-18(11-30-32(16)17-6-8-26(5,9-7-17)10-22(34)35)24(36)31(15-25(2,3)4)14-21(33)23-19(27)12-29-13-20(23)28/h11-13,17H,6-10,14-15H2,1-5H3,(H,34,35)/t17-,26-.